The zero-order valence-electron chi connectivity index (χ0n) is 36.8. The van der Waals surface area contributed by atoms with Crippen molar-refractivity contribution in [2.45, 2.75) is 283 Å². The number of aliphatic hydroxyl groups excluding tert-OH is 1. The molecule has 0 rings (SSSR count). The van der Waals surface area contributed by atoms with E-state index in [2.05, 4.69) is 31.3 Å². The van der Waals surface area contributed by atoms with Crippen molar-refractivity contribution in [1.29, 1.82) is 0 Å². The van der Waals surface area contributed by atoms with E-state index in [-0.39, 0.29) is 5.91 Å². The Bertz CT molecular complexity index is 923. The Morgan fingerprint density at radius 3 is 1.09 bits per heavy atom. The van der Waals surface area contributed by atoms with E-state index in [1.54, 1.807) is 0 Å². The highest BCUT2D eigenvalue weighted by Gasteiger charge is 2.26. The van der Waals surface area contributed by atoms with Gasteiger partial charge in [0.2, 0.25) is 5.91 Å². The Morgan fingerprint density at radius 1 is 0.473 bits per heavy atom. The van der Waals surface area contributed by atoms with Crippen LogP contribution in [0.3, 0.4) is 0 Å². The number of nitrogens with one attached hydrogen (secondary N) is 1. The molecule has 0 radical (unpaired) electrons. The standard InChI is InChI=1S/C48H95NO5S/c1-3-5-7-9-11-13-15-17-19-21-23-24-26-27-29-31-33-35-37-39-41-43-47(50)46(45-55(52,53)54)49-48(51)44-42-40-38-36-34-32-30-28-25-22-20-18-16-14-12-10-8-6-4-2/h18,20,46-47,50H,3-17,19,21-45H2,1-2H3,(H,49,51)(H,52,53,54)/b20-18-. The van der Waals surface area contributed by atoms with Gasteiger partial charge in [-0.3, -0.25) is 9.35 Å². The molecule has 0 aromatic carbocycles. The fourth-order valence-electron chi connectivity index (χ4n) is 7.80. The van der Waals surface area contributed by atoms with Crippen LogP contribution in [-0.4, -0.2) is 41.9 Å². The topological polar surface area (TPSA) is 104 Å². The molecule has 0 heterocycles. The molecule has 0 aromatic rings. The first-order chi connectivity index (χ1) is 26.8. The van der Waals surface area contributed by atoms with E-state index in [4.69, 9.17) is 0 Å². The maximum Gasteiger partial charge on any atom is 0.266 e. The summed E-state index contributed by atoms with van der Waals surface area (Å²) in [5.41, 5.74) is 0. The van der Waals surface area contributed by atoms with E-state index in [0.717, 1.165) is 38.5 Å². The van der Waals surface area contributed by atoms with Gasteiger partial charge >= 0.3 is 0 Å². The molecular formula is C48H95NO5S. The maximum absolute atomic E-state index is 12.6. The molecule has 0 aliphatic rings. The molecule has 0 bridgehead atoms. The lowest BCUT2D eigenvalue weighted by Crippen LogP contribution is -2.47. The van der Waals surface area contributed by atoms with E-state index < -0.39 is 28.0 Å². The first-order valence-corrected chi connectivity index (χ1v) is 26.0. The lowest BCUT2D eigenvalue weighted by molar-refractivity contribution is -0.122. The van der Waals surface area contributed by atoms with Crippen molar-refractivity contribution in [3.05, 3.63) is 12.2 Å². The van der Waals surface area contributed by atoms with Crippen LogP contribution in [-0.2, 0) is 14.9 Å². The van der Waals surface area contributed by atoms with Crippen LogP contribution >= 0.6 is 0 Å². The summed E-state index contributed by atoms with van der Waals surface area (Å²) in [4.78, 5) is 12.6. The highest BCUT2D eigenvalue weighted by Crippen LogP contribution is 2.17. The molecule has 55 heavy (non-hydrogen) atoms. The second-order valence-corrected chi connectivity index (χ2v) is 18.6. The number of rotatable bonds is 45. The van der Waals surface area contributed by atoms with Crippen LogP contribution in [0.5, 0.6) is 0 Å². The minimum Gasteiger partial charge on any atom is -0.391 e. The Labute approximate surface area is 343 Å². The summed E-state index contributed by atoms with van der Waals surface area (Å²) >= 11 is 0. The van der Waals surface area contributed by atoms with Gasteiger partial charge in [0.1, 0.15) is 0 Å². The summed E-state index contributed by atoms with van der Waals surface area (Å²) in [6, 6.07) is -0.969. The minimum absolute atomic E-state index is 0.243. The minimum atomic E-state index is -4.31. The van der Waals surface area contributed by atoms with Gasteiger partial charge in [0, 0.05) is 6.42 Å². The van der Waals surface area contributed by atoms with Gasteiger partial charge in [-0.2, -0.15) is 8.42 Å². The van der Waals surface area contributed by atoms with Crippen molar-refractivity contribution in [3.63, 3.8) is 0 Å². The highest BCUT2D eigenvalue weighted by molar-refractivity contribution is 7.85. The molecule has 6 nitrogen and oxygen atoms in total. The highest BCUT2D eigenvalue weighted by atomic mass is 32.2. The largest absolute Gasteiger partial charge is 0.391 e. The van der Waals surface area contributed by atoms with Crippen LogP contribution in [0.25, 0.3) is 0 Å². The number of hydrogen-bond donors (Lipinski definition) is 3. The van der Waals surface area contributed by atoms with Gasteiger partial charge in [-0.1, -0.05) is 238 Å². The van der Waals surface area contributed by atoms with E-state index in [1.807, 2.05) is 0 Å². The summed E-state index contributed by atoms with van der Waals surface area (Å²) < 4.78 is 32.7. The average molecular weight is 798 g/mol. The van der Waals surface area contributed by atoms with Gasteiger partial charge < -0.3 is 10.4 Å². The van der Waals surface area contributed by atoms with Crippen LogP contribution < -0.4 is 5.32 Å². The zero-order valence-corrected chi connectivity index (χ0v) is 37.6. The molecule has 0 fully saturated rings. The second kappa shape index (κ2) is 42.7. The van der Waals surface area contributed by atoms with E-state index in [1.165, 1.54) is 205 Å². The number of carbonyl (C=O) groups excluding carboxylic acids is 1. The Kier molecular flexibility index (Phi) is 42.0. The van der Waals surface area contributed by atoms with Crippen LogP contribution in [0.15, 0.2) is 12.2 Å². The van der Waals surface area contributed by atoms with Crippen molar-refractivity contribution in [1.82, 2.24) is 5.32 Å². The van der Waals surface area contributed by atoms with Crippen LogP contribution in [0.2, 0.25) is 0 Å². The molecule has 0 spiro atoms. The van der Waals surface area contributed by atoms with Gasteiger partial charge in [0.15, 0.2) is 0 Å². The third-order valence-corrected chi connectivity index (χ3v) is 12.3. The molecule has 0 aliphatic carbocycles. The SMILES string of the molecule is CCCCCCCC/C=C\CCCCCCCCCCCC(=O)NC(CS(=O)(=O)O)C(O)CCCCCCCCCCCCCCCCCCCCCCC. The monoisotopic (exact) mass is 798 g/mol. The van der Waals surface area contributed by atoms with Gasteiger partial charge in [0.25, 0.3) is 10.1 Å². The smallest absolute Gasteiger partial charge is 0.266 e. The van der Waals surface area contributed by atoms with Gasteiger partial charge in [-0.15, -0.1) is 0 Å². The summed E-state index contributed by atoms with van der Waals surface area (Å²) in [6.07, 6.45) is 53.2. The van der Waals surface area contributed by atoms with Crippen molar-refractivity contribution >= 4 is 16.0 Å². The predicted octanol–water partition coefficient (Wildman–Crippen LogP) is 14.9. The molecule has 328 valence electrons. The van der Waals surface area contributed by atoms with Crippen molar-refractivity contribution in [2.24, 2.45) is 0 Å². The van der Waals surface area contributed by atoms with E-state index in [9.17, 15) is 22.9 Å². The normalized spacial score (nSPS) is 13.2. The molecule has 2 atom stereocenters. The molecule has 0 saturated carbocycles. The van der Waals surface area contributed by atoms with Crippen LogP contribution in [0.1, 0.15) is 271 Å². The summed E-state index contributed by atoms with van der Waals surface area (Å²) in [5.74, 6) is -0.887. The van der Waals surface area contributed by atoms with Crippen LogP contribution in [0, 0.1) is 0 Å². The Morgan fingerprint density at radius 2 is 0.764 bits per heavy atom. The lowest BCUT2D eigenvalue weighted by atomic mass is 10.0. The van der Waals surface area contributed by atoms with Gasteiger partial charge in [0.05, 0.1) is 17.9 Å². The van der Waals surface area contributed by atoms with E-state index >= 15 is 0 Å². The fraction of sp³-hybridized carbons (Fsp3) is 0.938. The number of allylic oxidation sites excluding steroid dienone is 2. The first-order valence-electron chi connectivity index (χ1n) is 24.4. The summed E-state index contributed by atoms with van der Waals surface area (Å²) in [7, 11) is -4.31. The number of hydrogen-bond acceptors (Lipinski definition) is 4. The Balaban J connectivity index is 3.75. The number of aliphatic hydroxyl groups is 1. The molecule has 2 unspecified atom stereocenters. The number of amides is 1. The molecule has 3 N–H and O–H groups in total. The predicted molar refractivity (Wildman–Crippen MR) is 240 cm³/mol. The third-order valence-electron chi connectivity index (χ3n) is 11.5. The van der Waals surface area contributed by atoms with Crippen molar-refractivity contribution in [3.8, 4) is 0 Å². The van der Waals surface area contributed by atoms with E-state index in [0.29, 0.717) is 12.8 Å². The maximum atomic E-state index is 12.6. The number of carbonyl (C=O) groups is 1. The van der Waals surface area contributed by atoms with Gasteiger partial charge in [-0.05, 0) is 38.5 Å². The molecule has 0 aliphatic heterocycles. The molecule has 0 aromatic heterocycles. The van der Waals surface area contributed by atoms with Crippen molar-refractivity contribution in [2.75, 3.05) is 5.75 Å². The zero-order chi connectivity index (χ0) is 40.3. The molecule has 0 saturated heterocycles. The lowest BCUT2D eigenvalue weighted by Gasteiger charge is -2.23. The third kappa shape index (κ3) is 44.0. The Hall–Kier alpha value is -0.920. The van der Waals surface area contributed by atoms with Crippen LogP contribution in [0.4, 0.5) is 0 Å². The van der Waals surface area contributed by atoms with Gasteiger partial charge in [-0.25, -0.2) is 0 Å². The second-order valence-electron chi connectivity index (χ2n) is 17.1. The molecular weight excluding hydrogens is 703 g/mol. The summed E-state index contributed by atoms with van der Waals surface area (Å²) in [6.45, 7) is 4.55. The van der Waals surface area contributed by atoms with Crippen molar-refractivity contribution < 1.29 is 22.9 Å². The summed E-state index contributed by atoms with van der Waals surface area (Å²) in [5, 5.41) is 13.4. The molecule has 1 amide bonds. The molecule has 7 heteroatoms. The average Bonchev–Trinajstić information content (AvgIpc) is 3.15. The first kappa shape index (κ1) is 54.1. The fourth-order valence-corrected chi connectivity index (χ4v) is 8.56. The number of unbranched alkanes of at least 4 members (excludes halogenated alkanes) is 35. The quantitative estimate of drug-likeness (QED) is 0.0323.